The number of aromatic nitrogens is 1. The van der Waals surface area contributed by atoms with Crippen LogP contribution in [0.5, 0.6) is 5.75 Å². The van der Waals surface area contributed by atoms with Crippen LogP contribution >= 0.6 is 0 Å². The zero-order chi connectivity index (χ0) is 22.7. The highest BCUT2D eigenvalue weighted by molar-refractivity contribution is 7.90. The molecule has 1 N–H and O–H groups in total. The highest BCUT2D eigenvalue weighted by Gasteiger charge is 2.28. The molecule has 8 nitrogen and oxygen atoms in total. The van der Waals surface area contributed by atoms with Crippen LogP contribution in [0.25, 0.3) is 10.8 Å². The molecule has 4 rings (SSSR count). The Labute approximate surface area is 188 Å². The molecular weight excluding hydrogens is 426 g/mol. The van der Waals surface area contributed by atoms with Crippen LogP contribution in [0.4, 0.5) is 5.69 Å². The predicted molar refractivity (Wildman–Crippen MR) is 127 cm³/mol. The van der Waals surface area contributed by atoms with Gasteiger partial charge in [-0.25, -0.2) is 0 Å². The van der Waals surface area contributed by atoms with Gasteiger partial charge in [0.05, 0.1) is 18.0 Å². The Hall–Kier alpha value is -3.17. The number of anilines is 1. The van der Waals surface area contributed by atoms with Crippen LogP contribution in [0.15, 0.2) is 64.2 Å². The Morgan fingerprint density at radius 3 is 2.75 bits per heavy atom. The number of nitrogens with zero attached hydrogens (tertiary/aromatic N) is 4. The zero-order valence-electron chi connectivity index (χ0n) is 18.4. The van der Waals surface area contributed by atoms with E-state index in [0.717, 1.165) is 35.1 Å². The lowest BCUT2D eigenvalue weighted by atomic mass is 10.1. The van der Waals surface area contributed by atoms with Gasteiger partial charge in [-0.1, -0.05) is 6.07 Å². The minimum absolute atomic E-state index is 0.159. The third-order valence-corrected chi connectivity index (χ3v) is 6.55. The first kappa shape index (κ1) is 22.0. The molecule has 0 saturated carbocycles. The number of nitrogens with one attached hydrogen (secondary N) is 1. The van der Waals surface area contributed by atoms with Crippen LogP contribution < -0.4 is 10.1 Å². The van der Waals surface area contributed by atoms with Gasteiger partial charge in [0, 0.05) is 62.8 Å². The summed E-state index contributed by atoms with van der Waals surface area (Å²) in [5.74, 6) is 0.667. The number of hydrogen-bond acceptors (Lipinski definition) is 6. The second-order valence-electron chi connectivity index (χ2n) is 8.11. The topological polar surface area (TPSA) is 87.1 Å². The third-order valence-electron chi connectivity index (χ3n) is 5.33. The van der Waals surface area contributed by atoms with E-state index in [-0.39, 0.29) is 4.90 Å². The van der Waals surface area contributed by atoms with Gasteiger partial charge < -0.3 is 15.0 Å². The molecule has 0 atom stereocenters. The van der Waals surface area contributed by atoms with Crippen molar-refractivity contribution in [3.05, 3.63) is 60.4 Å². The van der Waals surface area contributed by atoms with Crippen molar-refractivity contribution in [3.8, 4) is 5.75 Å². The minimum Gasteiger partial charge on any atom is -0.496 e. The summed E-state index contributed by atoms with van der Waals surface area (Å²) in [4.78, 5) is 8.14. The molecular formula is C23H27N5O3S. The van der Waals surface area contributed by atoms with E-state index in [9.17, 15) is 8.42 Å². The first-order valence-corrected chi connectivity index (χ1v) is 11.7. The lowest BCUT2D eigenvalue weighted by molar-refractivity contribution is 0.151. The van der Waals surface area contributed by atoms with Crippen LogP contribution in [0, 0.1) is 0 Å². The van der Waals surface area contributed by atoms with E-state index in [4.69, 9.17) is 4.74 Å². The van der Waals surface area contributed by atoms with E-state index in [1.54, 1.807) is 44.4 Å². The summed E-state index contributed by atoms with van der Waals surface area (Å²) >= 11 is 0. The summed E-state index contributed by atoms with van der Waals surface area (Å²) in [7, 11) is 1.28. The molecule has 1 aliphatic rings. The zero-order valence-corrected chi connectivity index (χ0v) is 19.2. The van der Waals surface area contributed by atoms with E-state index in [1.807, 2.05) is 12.3 Å². The largest absolute Gasteiger partial charge is 0.496 e. The Morgan fingerprint density at radius 1 is 1.19 bits per heavy atom. The third kappa shape index (κ3) is 5.00. The summed E-state index contributed by atoms with van der Waals surface area (Å²) in [5.41, 5.74) is 1.91. The molecule has 0 bridgehead atoms. The fraction of sp³-hybridized carbons (Fsp3) is 0.304. The minimum atomic E-state index is -3.76. The normalized spacial score (nSPS) is 15.1. The molecule has 1 aromatic heterocycles. The molecule has 32 heavy (non-hydrogen) atoms. The standard InChI is InChI=1S/C23H27N5O3S/c1-27(2)16-25-32(29,30)22-6-7-23(31-3)19(11-22)13-28-14-21(15-28)26-20-5-4-18-12-24-9-8-17(18)10-20/h4-12,16,21,26H,13-15H2,1-3H3. The van der Waals surface area contributed by atoms with Crippen molar-refractivity contribution in [1.82, 2.24) is 14.8 Å². The molecule has 0 spiro atoms. The van der Waals surface area contributed by atoms with Crippen molar-refractivity contribution in [3.63, 3.8) is 0 Å². The van der Waals surface area contributed by atoms with Gasteiger partial charge in [-0.15, -0.1) is 4.40 Å². The first-order valence-electron chi connectivity index (χ1n) is 10.3. The number of rotatable bonds is 8. The number of ether oxygens (including phenoxy) is 1. The predicted octanol–water partition coefficient (Wildman–Crippen LogP) is 2.82. The first-order chi connectivity index (χ1) is 15.3. The number of sulfonamides is 1. The van der Waals surface area contributed by atoms with Crippen molar-refractivity contribution < 1.29 is 13.2 Å². The molecule has 3 aromatic rings. The van der Waals surface area contributed by atoms with Gasteiger partial charge >= 0.3 is 0 Å². The van der Waals surface area contributed by atoms with E-state index < -0.39 is 10.0 Å². The maximum atomic E-state index is 12.5. The average molecular weight is 454 g/mol. The van der Waals surface area contributed by atoms with E-state index >= 15 is 0 Å². The Kier molecular flexibility index (Phi) is 6.29. The van der Waals surface area contributed by atoms with Crippen molar-refractivity contribution >= 4 is 32.8 Å². The van der Waals surface area contributed by atoms with Crippen molar-refractivity contribution in [2.24, 2.45) is 4.40 Å². The second-order valence-corrected chi connectivity index (χ2v) is 9.74. The molecule has 1 aliphatic heterocycles. The van der Waals surface area contributed by atoms with Crippen LogP contribution in [0.3, 0.4) is 0 Å². The highest BCUT2D eigenvalue weighted by atomic mass is 32.2. The van der Waals surface area contributed by atoms with E-state index in [1.165, 1.54) is 12.4 Å². The molecule has 0 amide bonds. The van der Waals surface area contributed by atoms with Crippen LogP contribution in [-0.2, 0) is 16.6 Å². The average Bonchev–Trinajstić information content (AvgIpc) is 2.76. The Bertz CT molecular complexity index is 1240. The van der Waals surface area contributed by atoms with E-state index in [2.05, 4.69) is 37.8 Å². The molecule has 0 aliphatic carbocycles. The van der Waals surface area contributed by atoms with Gasteiger partial charge in [-0.05, 0) is 41.8 Å². The molecule has 1 saturated heterocycles. The van der Waals surface area contributed by atoms with Crippen LogP contribution in [-0.4, -0.2) is 69.9 Å². The maximum Gasteiger partial charge on any atom is 0.283 e. The number of fused-ring (bicyclic) bond motifs is 1. The number of benzene rings is 2. The highest BCUT2D eigenvalue weighted by Crippen LogP contribution is 2.27. The summed E-state index contributed by atoms with van der Waals surface area (Å²) < 4.78 is 34.2. The van der Waals surface area contributed by atoms with Crippen molar-refractivity contribution in [1.29, 1.82) is 0 Å². The number of likely N-dealkylation sites (tertiary alicyclic amines) is 1. The SMILES string of the molecule is COc1ccc(S(=O)(=O)N=CN(C)C)cc1CN1CC(Nc2ccc3cnccc3c2)C1. The monoisotopic (exact) mass is 453 g/mol. The van der Waals surface area contributed by atoms with Crippen LogP contribution in [0.1, 0.15) is 5.56 Å². The fourth-order valence-electron chi connectivity index (χ4n) is 3.70. The summed E-state index contributed by atoms with van der Waals surface area (Å²) in [5, 5.41) is 5.83. The van der Waals surface area contributed by atoms with Gasteiger partial charge in [0.25, 0.3) is 10.0 Å². The molecule has 1 fully saturated rings. The molecule has 2 heterocycles. The number of hydrogen-bond donors (Lipinski definition) is 1. The van der Waals surface area contributed by atoms with Crippen LogP contribution in [0.2, 0.25) is 0 Å². The quantitative estimate of drug-likeness (QED) is 0.415. The Morgan fingerprint density at radius 2 is 2.00 bits per heavy atom. The van der Waals surface area contributed by atoms with Gasteiger partial charge in [0.2, 0.25) is 0 Å². The Balaban J connectivity index is 1.41. The van der Waals surface area contributed by atoms with Gasteiger partial charge in [0.1, 0.15) is 12.1 Å². The summed E-state index contributed by atoms with van der Waals surface area (Å²) in [6, 6.07) is 13.5. The van der Waals surface area contributed by atoms with Crippen molar-refractivity contribution in [2.45, 2.75) is 17.5 Å². The van der Waals surface area contributed by atoms with Gasteiger partial charge in [-0.2, -0.15) is 8.42 Å². The number of pyridine rings is 1. The molecule has 0 unspecified atom stereocenters. The lowest BCUT2D eigenvalue weighted by Crippen LogP contribution is -2.54. The van der Waals surface area contributed by atoms with Crippen molar-refractivity contribution in [2.75, 3.05) is 39.6 Å². The number of methoxy groups -OCH3 is 1. The molecule has 9 heteroatoms. The van der Waals surface area contributed by atoms with Gasteiger partial charge in [0.15, 0.2) is 0 Å². The van der Waals surface area contributed by atoms with Gasteiger partial charge in [-0.3, -0.25) is 9.88 Å². The molecule has 2 aromatic carbocycles. The fourth-order valence-corrected chi connectivity index (χ4v) is 4.66. The smallest absolute Gasteiger partial charge is 0.283 e. The second kappa shape index (κ2) is 9.13. The maximum absolute atomic E-state index is 12.5. The molecule has 0 radical (unpaired) electrons. The summed E-state index contributed by atoms with van der Waals surface area (Å²) in [6.45, 7) is 2.31. The molecule has 168 valence electrons. The van der Waals surface area contributed by atoms with E-state index in [0.29, 0.717) is 18.3 Å². The summed E-state index contributed by atoms with van der Waals surface area (Å²) in [6.07, 6.45) is 4.94. The lowest BCUT2D eigenvalue weighted by Gasteiger charge is -2.40.